The number of amides is 2. The lowest BCUT2D eigenvalue weighted by Crippen LogP contribution is -2.49. The molecule has 0 unspecified atom stereocenters. The second-order valence-electron chi connectivity index (χ2n) is 8.65. The number of rotatable bonds is 4. The molecule has 186 valence electrons. The Morgan fingerprint density at radius 1 is 0.861 bits per heavy atom. The molecule has 0 spiro atoms. The molecule has 2 amide bonds. The van der Waals surface area contributed by atoms with E-state index in [9.17, 15) is 9.59 Å². The van der Waals surface area contributed by atoms with Gasteiger partial charge in [-0.25, -0.2) is 0 Å². The molecule has 0 bridgehead atoms. The molecule has 1 aliphatic rings. The van der Waals surface area contributed by atoms with E-state index in [2.05, 4.69) is 15.5 Å². The molecule has 0 aliphatic carbocycles. The summed E-state index contributed by atoms with van der Waals surface area (Å²) in [7, 11) is 0. The van der Waals surface area contributed by atoms with Gasteiger partial charge in [0.15, 0.2) is 5.11 Å². The number of carbonyl (C=O) groups excluding carboxylic acids is 2. The maximum absolute atomic E-state index is 12.9. The summed E-state index contributed by atoms with van der Waals surface area (Å²) in [6.45, 7) is 6.21. The van der Waals surface area contributed by atoms with Crippen LogP contribution in [0.3, 0.4) is 0 Å². The number of nitrogens with one attached hydrogen (secondary N) is 2. The number of para-hydroxylation sites is 1. The first-order valence-corrected chi connectivity index (χ1v) is 12.7. The highest BCUT2D eigenvalue weighted by atomic mass is 35.5. The SMILES string of the molecule is Cc1ccc(C(=O)N2CCN(c3c(Cl)cccc3NC(=S)NC(=O)c3ccc(C)c(Cl)c3)CC2)cc1. The highest BCUT2D eigenvalue weighted by molar-refractivity contribution is 7.80. The smallest absolute Gasteiger partial charge is 0.257 e. The molecule has 4 rings (SSSR count). The normalized spacial score (nSPS) is 13.3. The number of benzene rings is 3. The minimum absolute atomic E-state index is 0.0206. The van der Waals surface area contributed by atoms with E-state index in [-0.39, 0.29) is 16.9 Å². The molecule has 3 aromatic carbocycles. The van der Waals surface area contributed by atoms with Crippen LogP contribution in [0.1, 0.15) is 31.8 Å². The van der Waals surface area contributed by atoms with Crippen molar-refractivity contribution in [2.75, 3.05) is 36.4 Å². The van der Waals surface area contributed by atoms with Crippen LogP contribution in [0.5, 0.6) is 0 Å². The maximum Gasteiger partial charge on any atom is 0.257 e. The first-order valence-electron chi connectivity index (χ1n) is 11.5. The van der Waals surface area contributed by atoms with Crippen LogP contribution in [0.2, 0.25) is 10.0 Å². The fourth-order valence-corrected chi connectivity index (χ4v) is 4.69. The molecule has 36 heavy (non-hydrogen) atoms. The van der Waals surface area contributed by atoms with Crippen molar-refractivity contribution >= 4 is 63.7 Å². The van der Waals surface area contributed by atoms with Gasteiger partial charge >= 0.3 is 0 Å². The Hall–Kier alpha value is -3.13. The van der Waals surface area contributed by atoms with Crippen molar-refractivity contribution in [2.24, 2.45) is 0 Å². The van der Waals surface area contributed by atoms with Gasteiger partial charge in [0, 0.05) is 42.3 Å². The van der Waals surface area contributed by atoms with E-state index in [1.54, 1.807) is 18.2 Å². The summed E-state index contributed by atoms with van der Waals surface area (Å²) in [5.41, 5.74) is 4.55. The predicted molar refractivity (Wildman–Crippen MR) is 151 cm³/mol. The van der Waals surface area contributed by atoms with E-state index in [0.29, 0.717) is 53.0 Å². The third-order valence-electron chi connectivity index (χ3n) is 6.08. The number of hydrogen-bond acceptors (Lipinski definition) is 4. The standard InChI is InChI=1S/C27H26Cl2N4O2S/c1-17-6-9-19(10-7-17)26(35)33-14-12-32(13-15-33)24-21(28)4-3-5-23(24)30-27(36)31-25(34)20-11-8-18(2)22(29)16-20/h3-11,16H,12-15H2,1-2H3,(H2,30,31,34,36). The number of piperazine rings is 1. The average molecular weight is 542 g/mol. The Bertz CT molecular complexity index is 1310. The lowest BCUT2D eigenvalue weighted by molar-refractivity contribution is 0.0746. The summed E-state index contributed by atoms with van der Waals surface area (Å²) in [4.78, 5) is 29.5. The molecular weight excluding hydrogens is 515 g/mol. The fraction of sp³-hybridized carbons (Fsp3) is 0.222. The van der Waals surface area contributed by atoms with Crippen LogP contribution in [0.25, 0.3) is 0 Å². The van der Waals surface area contributed by atoms with Gasteiger partial charge in [-0.2, -0.15) is 0 Å². The lowest BCUT2D eigenvalue weighted by atomic mass is 10.1. The van der Waals surface area contributed by atoms with Gasteiger partial charge in [0.1, 0.15) is 0 Å². The van der Waals surface area contributed by atoms with Gasteiger partial charge in [-0.15, -0.1) is 0 Å². The molecule has 9 heteroatoms. The summed E-state index contributed by atoms with van der Waals surface area (Å²) >= 11 is 18.1. The number of carbonyl (C=O) groups is 2. The average Bonchev–Trinajstić information content (AvgIpc) is 2.86. The Balaban J connectivity index is 1.42. The molecule has 1 aliphatic heterocycles. The fourth-order valence-electron chi connectivity index (χ4n) is 4.01. The third-order valence-corrected chi connectivity index (χ3v) is 6.99. The Morgan fingerprint density at radius 2 is 1.53 bits per heavy atom. The molecule has 2 N–H and O–H groups in total. The van der Waals surface area contributed by atoms with Crippen LogP contribution in [0.15, 0.2) is 60.7 Å². The van der Waals surface area contributed by atoms with Gasteiger partial charge in [-0.1, -0.05) is 53.0 Å². The van der Waals surface area contributed by atoms with Gasteiger partial charge in [0.25, 0.3) is 11.8 Å². The van der Waals surface area contributed by atoms with Crippen LogP contribution < -0.4 is 15.5 Å². The van der Waals surface area contributed by atoms with Crippen molar-refractivity contribution in [1.82, 2.24) is 10.2 Å². The summed E-state index contributed by atoms with van der Waals surface area (Å²) in [6, 6.07) is 18.2. The van der Waals surface area contributed by atoms with E-state index in [4.69, 9.17) is 35.4 Å². The van der Waals surface area contributed by atoms with Crippen LogP contribution in [0, 0.1) is 13.8 Å². The monoisotopic (exact) mass is 540 g/mol. The Morgan fingerprint density at radius 3 is 2.19 bits per heavy atom. The first-order chi connectivity index (χ1) is 17.2. The van der Waals surface area contributed by atoms with Crippen LogP contribution in [0.4, 0.5) is 11.4 Å². The zero-order chi connectivity index (χ0) is 25.8. The number of halogens is 2. The van der Waals surface area contributed by atoms with Crippen molar-refractivity contribution < 1.29 is 9.59 Å². The Labute approximate surface area is 226 Å². The Kier molecular flexibility index (Phi) is 8.14. The summed E-state index contributed by atoms with van der Waals surface area (Å²) in [6.07, 6.45) is 0. The largest absolute Gasteiger partial charge is 0.365 e. The van der Waals surface area contributed by atoms with E-state index in [0.717, 1.165) is 16.8 Å². The van der Waals surface area contributed by atoms with E-state index < -0.39 is 0 Å². The molecule has 1 saturated heterocycles. The lowest BCUT2D eigenvalue weighted by Gasteiger charge is -2.37. The van der Waals surface area contributed by atoms with Gasteiger partial charge in [-0.3, -0.25) is 14.9 Å². The zero-order valence-corrected chi connectivity index (χ0v) is 22.3. The quantitative estimate of drug-likeness (QED) is 0.415. The van der Waals surface area contributed by atoms with Gasteiger partial charge in [0.05, 0.1) is 16.4 Å². The van der Waals surface area contributed by atoms with Crippen molar-refractivity contribution in [2.45, 2.75) is 13.8 Å². The van der Waals surface area contributed by atoms with Crippen molar-refractivity contribution in [3.8, 4) is 0 Å². The highest BCUT2D eigenvalue weighted by Gasteiger charge is 2.25. The number of hydrogen-bond donors (Lipinski definition) is 2. The van der Waals surface area contributed by atoms with Crippen LogP contribution in [-0.4, -0.2) is 48.0 Å². The molecular formula is C27H26Cl2N4O2S. The van der Waals surface area contributed by atoms with Crippen molar-refractivity contribution in [3.63, 3.8) is 0 Å². The van der Waals surface area contributed by atoms with E-state index in [1.807, 2.05) is 61.2 Å². The van der Waals surface area contributed by atoms with Gasteiger partial charge < -0.3 is 15.1 Å². The molecule has 6 nitrogen and oxygen atoms in total. The molecule has 0 radical (unpaired) electrons. The molecule has 0 atom stereocenters. The molecule has 1 heterocycles. The second kappa shape index (κ2) is 11.3. The number of anilines is 2. The highest BCUT2D eigenvalue weighted by Crippen LogP contribution is 2.34. The predicted octanol–water partition coefficient (Wildman–Crippen LogP) is 5.70. The van der Waals surface area contributed by atoms with E-state index >= 15 is 0 Å². The summed E-state index contributed by atoms with van der Waals surface area (Å²) in [5, 5.41) is 7.01. The second-order valence-corrected chi connectivity index (χ2v) is 9.88. The van der Waals surface area contributed by atoms with Crippen molar-refractivity contribution in [1.29, 1.82) is 0 Å². The first kappa shape index (κ1) is 25.9. The minimum Gasteiger partial charge on any atom is -0.365 e. The van der Waals surface area contributed by atoms with Gasteiger partial charge in [-0.05, 0) is 68.0 Å². The summed E-state index contributed by atoms with van der Waals surface area (Å²) in [5.74, 6) is -0.339. The topological polar surface area (TPSA) is 64.7 Å². The van der Waals surface area contributed by atoms with Crippen LogP contribution in [-0.2, 0) is 0 Å². The van der Waals surface area contributed by atoms with Crippen LogP contribution >= 0.6 is 35.4 Å². The minimum atomic E-state index is -0.360. The summed E-state index contributed by atoms with van der Waals surface area (Å²) < 4.78 is 0. The molecule has 0 aromatic heterocycles. The molecule has 3 aromatic rings. The number of thiocarbonyl (C=S) groups is 1. The molecule has 1 fully saturated rings. The molecule has 0 saturated carbocycles. The maximum atomic E-state index is 12.9. The van der Waals surface area contributed by atoms with Crippen molar-refractivity contribution in [3.05, 3.63) is 93.0 Å². The number of aryl methyl sites for hydroxylation is 2. The zero-order valence-electron chi connectivity index (χ0n) is 20.0. The van der Waals surface area contributed by atoms with E-state index in [1.165, 1.54) is 0 Å². The number of nitrogens with zero attached hydrogens (tertiary/aromatic N) is 2. The third kappa shape index (κ3) is 5.98. The van der Waals surface area contributed by atoms with Gasteiger partial charge in [0.2, 0.25) is 0 Å².